The molecule has 0 fully saturated rings. The lowest BCUT2D eigenvalue weighted by atomic mass is 10.1. The Labute approximate surface area is 217 Å². The van der Waals surface area contributed by atoms with Gasteiger partial charge in [-0.25, -0.2) is 0 Å². The highest BCUT2D eigenvalue weighted by Gasteiger charge is 2.44. The van der Waals surface area contributed by atoms with Crippen LogP contribution in [0.2, 0.25) is 0 Å². The van der Waals surface area contributed by atoms with Gasteiger partial charge in [-0.2, -0.15) is 0 Å². The fraction of sp³-hybridized carbons (Fsp3) is 0.345. The van der Waals surface area contributed by atoms with Gasteiger partial charge in [-0.1, -0.05) is 73.9 Å². The third-order valence-electron chi connectivity index (χ3n) is 6.02. The summed E-state index contributed by atoms with van der Waals surface area (Å²) in [6.45, 7) is 2.34. The summed E-state index contributed by atoms with van der Waals surface area (Å²) in [6.07, 6.45) is 8.64. The zero-order chi connectivity index (χ0) is 22.5. The Hall–Kier alpha value is -1.71. The Bertz CT molecular complexity index is 819. The minimum atomic E-state index is -1.70. The first-order valence-corrected chi connectivity index (χ1v) is 14.0. The predicted octanol–water partition coefficient (Wildman–Crippen LogP) is 3.28. The van der Waals surface area contributed by atoms with Crippen LogP contribution in [0, 0.1) is 0 Å². The second-order valence-electron chi connectivity index (χ2n) is 8.22. The molecule has 33 heavy (non-hydrogen) atoms. The van der Waals surface area contributed by atoms with E-state index in [0.29, 0.717) is 13.0 Å². The summed E-state index contributed by atoms with van der Waals surface area (Å²) in [5.74, 6) is -0.0596. The first-order chi connectivity index (χ1) is 15.8. The van der Waals surface area contributed by atoms with E-state index < -0.39 is 7.26 Å². The van der Waals surface area contributed by atoms with E-state index in [2.05, 4.69) is 91.0 Å². The molecular formula is C29H36IO2P. The zero-order valence-electron chi connectivity index (χ0n) is 19.7. The average molecular weight is 574 g/mol. The molecule has 0 amide bonds. The van der Waals surface area contributed by atoms with Crippen LogP contribution in [0.1, 0.15) is 51.9 Å². The molecule has 0 radical (unpaired) electrons. The number of esters is 1. The van der Waals surface area contributed by atoms with Crippen molar-refractivity contribution < 1.29 is 33.5 Å². The molecule has 2 nitrogen and oxygen atoms in total. The first-order valence-electron chi connectivity index (χ1n) is 12.0. The summed E-state index contributed by atoms with van der Waals surface area (Å²) >= 11 is 0. The third-order valence-corrected chi connectivity index (χ3v) is 10.5. The van der Waals surface area contributed by atoms with Crippen LogP contribution in [0.5, 0.6) is 0 Å². The summed E-state index contributed by atoms with van der Waals surface area (Å²) in [4.78, 5) is 11.5. The number of carbonyl (C=O) groups excluding carboxylic acids is 1. The molecule has 176 valence electrons. The van der Waals surface area contributed by atoms with Crippen LogP contribution < -0.4 is 39.9 Å². The van der Waals surface area contributed by atoms with Crippen molar-refractivity contribution in [3.8, 4) is 0 Å². The van der Waals surface area contributed by atoms with Crippen molar-refractivity contribution in [1.82, 2.24) is 0 Å². The number of hydrogen-bond acceptors (Lipinski definition) is 2. The third kappa shape index (κ3) is 7.93. The van der Waals surface area contributed by atoms with Crippen molar-refractivity contribution in [2.24, 2.45) is 0 Å². The molecule has 0 saturated heterocycles. The van der Waals surface area contributed by atoms with Gasteiger partial charge in [0.25, 0.3) is 0 Å². The van der Waals surface area contributed by atoms with E-state index in [1.807, 2.05) is 6.92 Å². The number of hydrogen-bond donors (Lipinski definition) is 0. The largest absolute Gasteiger partial charge is 1.00 e. The highest BCUT2D eigenvalue weighted by molar-refractivity contribution is 7.95. The van der Waals surface area contributed by atoms with E-state index in [4.69, 9.17) is 4.74 Å². The zero-order valence-corrected chi connectivity index (χ0v) is 22.7. The van der Waals surface area contributed by atoms with Gasteiger partial charge in [-0.05, 0) is 62.6 Å². The molecule has 0 aliphatic carbocycles. The van der Waals surface area contributed by atoms with Crippen LogP contribution in [0.4, 0.5) is 0 Å². The maximum absolute atomic E-state index is 11.5. The van der Waals surface area contributed by atoms with Gasteiger partial charge in [0, 0.05) is 6.42 Å². The number of ether oxygens (including phenoxy) is 1. The highest BCUT2D eigenvalue weighted by Crippen LogP contribution is 2.55. The molecule has 3 rings (SSSR count). The summed E-state index contributed by atoms with van der Waals surface area (Å²) in [5, 5.41) is 4.39. The standard InChI is InChI=1S/C29H36O2P.HI/c1-2-31-29(30)24-16-5-3-4-6-17-25-32(26-18-10-7-11-19-26,27-20-12-8-13-21-27)28-22-14-9-15-23-28;/h7-15,18-23H,2-6,16-17,24-25H2,1H3;1H/q+1;/p-1. The lowest BCUT2D eigenvalue weighted by Crippen LogP contribution is -3.00. The molecule has 0 aliphatic rings. The molecule has 3 aromatic rings. The fourth-order valence-corrected chi connectivity index (χ4v) is 8.85. The van der Waals surface area contributed by atoms with Gasteiger partial charge in [0.05, 0.1) is 12.8 Å². The number of rotatable bonds is 13. The molecule has 3 aromatic carbocycles. The van der Waals surface area contributed by atoms with Crippen molar-refractivity contribution >= 4 is 29.1 Å². The quantitative estimate of drug-likeness (QED) is 0.136. The second kappa shape index (κ2) is 15.2. The molecule has 0 aliphatic heterocycles. The molecule has 0 heterocycles. The van der Waals surface area contributed by atoms with E-state index in [9.17, 15) is 4.79 Å². The normalized spacial score (nSPS) is 10.9. The fourth-order valence-electron chi connectivity index (χ4n) is 4.44. The summed E-state index contributed by atoms with van der Waals surface area (Å²) < 4.78 is 5.02. The van der Waals surface area contributed by atoms with Crippen molar-refractivity contribution in [3.63, 3.8) is 0 Å². The van der Waals surface area contributed by atoms with Gasteiger partial charge in [0.2, 0.25) is 0 Å². The number of halogens is 1. The van der Waals surface area contributed by atoms with Gasteiger partial charge in [-0.15, -0.1) is 0 Å². The van der Waals surface area contributed by atoms with Crippen LogP contribution in [0.3, 0.4) is 0 Å². The lowest BCUT2D eigenvalue weighted by molar-refractivity contribution is -0.143. The molecule has 0 spiro atoms. The Morgan fingerprint density at radius 3 is 1.45 bits per heavy atom. The molecule has 4 heteroatoms. The van der Waals surface area contributed by atoms with Gasteiger partial charge < -0.3 is 28.7 Å². The van der Waals surface area contributed by atoms with E-state index in [0.717, 1.165) is 12.8 Å². The Balaban J connectivity index is 0.00000385. The van der Waals surface area contributed by atoms with Crippen molar-refractivity contribution in [2.45, 2.75) is 51.9 Å². The van der Waals surface area contributed by atoms with Crippen LogP contribution in [0.15, 0.2) is 91.0 Å². The van der Waals surface area contributed by atoms with E-state index in [-0.39, 0.29) is 29.9 Å². The molecule has 0 aromatic heterocycles. The number of carbonyl (C=O) groups is 1. The summed E-state index contributed by atoms with van der Waals surface area (Å²) in [7, 11) is -1.70. The van der Waals surface area contributed by atoms with Crippen LogP contribution in [-0.2, 0) is 9.53 Å². The number of unbranched alkanes of at least 4 members (excludes halogenated alkanes) is 5. The maximum atomic E-state index is 11.5. The van der Waals surface area contributed by atoms with E-state index >= 15 is 0 Å². The lowest BCUT2D eigenvalue weighted by Gasteiger charge is -2.27. The molecule has 0 atom stereocenters. The smallest absolute Gasteiger partial charge is 0.305 e. The van der Waals surface area contributed by atoms with E-state index in [1.54, 1.807) is 0 Å². The monoisotopic (exact) mass is 574 g/mol. The van der Waals surface area contributed by atoms with Crippen molar-refractivity contribution in [2.75, 3.05) is 12.8 Å². The minimum absolute atomic E-state index is 0. The average Bonchev–Trinajstić information content (AvgIpc) is 2.85. The second-order valence-corrected chi connectivity index (χ2v) is 11.8. The highest BCUT2D eigenvalue weighted by atomic mass is 127. The molecule has 0 N–H and O–H groups in total. The predicted molar refractivity (Wildman–Crippen MR) is 139 cm³/mol. The van der Waals surface area contributed by atoms with Gasteiger partial charge in [-0.3, -0.25) is 4.79 Å². The maximum Gasteiger partial charge on any atom is 0.305 e. The van der Waals surface area contributed by atoms with Crippen molar-refractivity contribution in [3.05, 3.63) is 91.0 Å². The van der Waals surface area contributed by atoms with E-state index in [1.165, 1.54) is 47.8 Å². The number of benzene rings is 3. The topological polar surface area (TPSA) is 26.3 Å². The minimum Gasteiger partial charge on any atom is -1.00 e. The van der Waals surface area contributed by atoms with Gasteiger partial charge in [0.1, 0.15) is 23.2 Å². The SMILES string of the molecule is CCOC(=O)CCCCCCCC[P+](c1ccccc1)(c1ccccc1)c1ccccc1.[I-]. The Kier molecular flexibility index (Phi) is 12.7. The molecular weight excluding hydrogens is 538 g/mol. The summed E-state index contributed by atoms with van der Waals surface area (Å²) in [6, 6.07) is 33.4. The van der Waals surface area contributed by atoms with Crippen LogP contribution >= 0.6 is 7.26 Å². The van der Waals surface area contributed by atoms with Gasteiger partial charge in [0.15, 0.2) is 0 Å². The Morgan fingerprint density at radius 2 is 1.03 bits per heavy atom. The van der Waals surface area contributed by atoms with Gasteiger partial charge >= 0.3 is 5.97 Å². The molecule has 0 bridgehead atoms. The van der Waals surface area contributed by atoms with Crippen LogP contribution in [-0.4, -0.2) is 18.7 Å². The van der Waals surface area contributed by atoms with Crippen molar-refractivity contribution in [1.29, 1.82) is 0 Å². The summed E-state index contributed by atoms with van der Waals surface area (Å²) in [5.41, 5.74) is 0. The van der Waals surface area contributed by atoms with Crippen LogP contribution in [0.25, 0.3) is 0 Å². The molecule has 0 saturated carbocycles. The molecule has 0 unspecified atom stereocenters. The first kappa shape index (κ1) is 27.5. The Morgan fingerprint density at radius 1 is 0.636 bits per heavy atom.